The van der Waals surface area contributed by atoms with Crippen LogP contribution in [0.2, 0.25) is 0 Å². The zero-order chi connectivity index (χ0) is 23.8. The molecule has 0 saturated heterocycles. The van der Waals surface area contributed by atoms with Crippen molar-refractivity contribution in [3.8, 4) is 6.07 Å². The van der Waals surface area contributed by atoms with Crippen molar-refractivity contribution < 1.29 is 27.1 Å². The minimum absolute atomic E-state index is 0.0227. The number of aryl methyl sites for hydroxylation is 1. The maximum Gasteiger partial charge on any atom is 0.416 e. The molecule has 0 radical (unpaired) electrons. The van der Waals surface area contributed by atoms with E-state index in [4.69, 9.17) is 4.74 Å². The van der Waals surface area contributed by atoms with Crippen molar-refractivity contribution in [1.29, 1.82) is 5.26 Å². The Morgan fingerprint density at radius 1 is 1.12 bits per heavy atom. The lowest BCUT2D eigenvalue weighted by Gasteiger charge is -2.39. The molecule has 0 aromatic heterocycles. The molecule has 0 saturated carbocycles. The SMILES string of the molecule is Cc1cc(F)ccc1N1CN(C2=C(C#N)NCOCC=C2)C(=O)c2ccc(C(F)(F)F)cc21. The van der Waals surface area contributed by atoms with E-state index in [0.29, 0.717) is 11.3 Å². The molecule has 33 heavy (non-hydrogen) atoms. The number of amides is 1. The second kappa shape index (κ2) is 8.60. The van der Waals surface area contributed by atoms with Gasteiger partial charge in [-0.05, 0) is 55.0 Å². The van der Waals surface area contributed by atoms with Gasteiger partial charge in [0.25, 0.3) is 5.91 Å². The van der Waals surface area contributed by atoms with Crippen molar-refractivity contribution in [2.45, 2.75) is 13.1 Å². The number of hydrogen-bond acceptors (Lipinski definition) is 5. The number of rotatable bonds is 2. The van der Waals surface area contributed by atoms with Crippen LogP contribution in [-0.4, -0.2) is 30.8 Å². The standard InChI is InChI=1S/C23H18F4N4O2/c1-14-9-16(24)5-7-19(14)30-13-31(20-3-2-8-33-12-29-18(20)11-28)22(32)17-6-4-15(10-21(17)30)23(25,26)27/h2-7,9-10,29H,8,12-13H2,1H3. The van der Waals surface area contributed by atoms with Crippen molar-refractivity contribution in [1.82, 2.24) is 10.2 Å². The number of nitriles is 1. The molecule has 1 N–H and O–H groups in total. The molecular formula is C23H18F4N4O2. The van der Waals surface area contributed by atoms with E-state index >= 15 is 0 Å². The Hall–Kier alpha value is -3.84. The van der Waals surface area contributed by atoms with E-state index in [2.05, 4.69) is 5.32 Å². The average Bonchev–Trinajstić information content (AvgIpc) is 2.74. The molecular weight excluding hydrogens is 440 g/mol. The first-order valence-electron chi connectivity index (χ1n) is 9.90. The Kier molecular flexibility index (Phi) is 5.82. The van der Waals surface area contributed by atoms with Crippen molar-refractivity contribution in [2.24, 2.45) is 0 Å². The molecule has 1 amide bonds. The molecule has 2 aliphatic rings. The highest BCUT2D eigenvalue weighted by molar-refractivity contribution is 6.04. The Bertz CT molecular complexity index is 1210. The van der Waals surface area contributed by atoms with Crippen LogP contribution in [-0.2, 0) is 10.9 Å². The summed E-state index contributed by atoms with van der Waals surface area (Å²) in [6, 6.07) is 8.77. The summed E-state index contributed by atoms with van der Waals surface area (Å²) in [5.41, 5.74) is 0.391. The van der Waals surface area contributed by atoms with Gasteiger partial charge in [0, 0.05) is 5.69 Å². The molecule has 0 spiro atoms. The lowest BCUT2D eigenvalue weighted by atomic mass is 10.0. The molecule has 2 heterocycles. The highest BCUT2D eigenvalue weighted by Gasteiger charge is 2.37. The van der Waals surface area contributed by atoms with E-state index in [1.807, 2.05) is 6.07 Å². The number of carbonyl (C=O) groups excluding carboxylic acids is 1. The van der Waals surface area contributed by atoms with Crippen molar-refractivity contribution in [3.63, 3.8) is 0 Å². The first-order valence-corrected chi connectivity index (χ1v) is 9.90. The normalized spacial score (nSPS) is 16.7. The summed E-state index contributed by atoms with van der Waals surface area (Å²) in [5.74, 6) is -1.06. The summed E-state index contributed by atoms with van der Waals surface area (Å²) >= 11 is 0. The van der Waals surface area contributed by atoms with Crippen LogP contribution in [0, 0.1) is 24.1 Å². The van der Waals surface area contributed by atoms with Crippen LogP contribution in [0.15, 0.2) is 59.9 Å². The number of nitrogens with zero attached hydrogens (tertiary/aromatic N) is 3. The summed E-state index contributed by atoms with van der Waals surface area (Å²) in [7, 11) is 0. The van der Waals surface area contributed by atoms with E-state index in [1.54, 1.807) is 19.1 Å². The van der Waals surface area contributed by atoms with Gasteiger partial charge in [-0.25, -0.2) is 4.39 Å². The number of fused-ring (bicyclic) bond motifs is 1. The van der Waals surface area contributed by atoms with Crippen LogP contribution in [0.5, 0.6) is 0 Å². The number of ether oxygens (including phenoxy) is 1. The molecule has 2 aliphatic heterocycles. The lowest BCUT2D eigenvalue weighted by molar-refractivity contribution is -0.137. The second-order valence-electron chi connectivity index (χ2n) is 7.43. The van der Waals surface area contributed by atoms with Gasteiger partial charge in [0.1, 0.15) is 31.0 Å². The van der Waals surface area contributed by atoms with Crippen LogP contribution in [0.1, 0.15) is 21.5 Å². The molecule has 4 rings (SSSR count). The topological polar surface area (TPSA) is 68.6 Å². The first-order chi connectivity index (χ1) is 15.7. The van der Waals surface area contributed by atoms with Gasteiger partial charge in [0.2, 0.25) is 0 Å². The van der Waals surface area contributed by atoms with Crippen LogP contribution in [0.25, 0.3) is 0 Å². The smallest absolute Gasteiger partial charge is 0.357 e. The summed E-state index contributed by atoms with van der Waals surface area (Å²) in [5, 5.41) is 12.4. The quantitative estimate of drug-likeness (QED) is 0.668. The van der Waals surface area contributed by atoms with Crippen LogP contribution in [0.4, 0.5) is 28.9 Å². The molecule has 2 aromatic rings. The molecule has 0 fully saturated rings. The van der Waals surface area contributed by atoms with Crippen molar-refractivity contribution in [3.05, 3.63) is 82.5 Å². The van der Waals surface area contributed by atoms with Crippen LogP contribution >= 0.6 is 0 Å². The number of anilines is 2. The van der Waals surface area contributed by atoms with Crippen LogP contribution in [0.3, 0.4) is 0 Å². The molecule has 2 aromatic carbocycles. The molecule has 0 unspecified atom stereocenters. The summed E-state index contributed by atoms with van der Waals surface area (Å²) < 4.78 is 59.3. The number of alkyl halides is 3. The minimum atomic E-state index is -4.61. The Labute approximate surface area is 187 Å². The molecule has 0 bridgehead atoms. The average molecular weight is 458 g/mol. The van der Waals surface area contributed by atoms with Gasteiger partial charge in [0.05, 0.1) is 29.1 Å². The number of benzene rings is 2. The number of halogens is 4. The number of allylic oxidation sites excluding steroid dienone is 2. The zero-order valence-electron chi connectivity index (χ0n) is 17.4. The fourth-order valence-corrected chi connectivity index (χ4v) is 3.76. The molecule has 0 atom stereocenters. The van der Waals surface area contributed by atoms with E-state index in [9.17, 15) is 27.6 Å². The number of nitrogens with one attached hydrogen (secondary N) is 1. The van der Waals surface area contributed by atoms with Gasteiger partial charge in [-0.15, -0.1) is 0 Å². The van der Waals surface area contributed by atoms with Gasteiger partial charge < -0.3 is 15.0 Å². The fourth-order valence-electron chi connectivity index (χ4n) is 3.76. The first kappa shape index (κ1) is 22.4. The lowest BCUT2D eigenvalue weighted by Crippen LogP contribution is -2.45. The third kappa shape index (κ3) is 4.27. The van der Waals surface area contributed by atoms with E-state index in [0.717, 1.165) is 18.2 Å². The monoisotopic (exact) mass is 458 g/mol. The third-order valence-electron chi connectivity index (χ3n) is 5.32. The van der Waals surface area contributed by atoms with Gasteiger partial charge >= 0.3 is 6.18 Å². The second-order valence-corrected chi connectivity index (χ2v) is 7.43. The highest BCUT2D eigenvalue weighted by atomic mass is 19.4. The number of carbonyl (C=O) groups is 1. The molecule has 170 valence electrons. The fraction of sp³-hybridized carbons (Fsp3) is 0.217. The van der Waals surface area contributed by atoms with Crippen molar-refractivity contribution >= 4 is 17.3 Å². The number of hydrogen-bond donors (Lipinski definition) is 1. The van der Waals surface area contributed by atoms with Crippen LogP contribution < -0.4 is 10.2 Å². The highest BCUT2D eigenvalue weighted by Crippen LogP contribution is 2.40. The predicted octanol–water partition coefficient (Wildman–Crippen LogP) is 4.57. The summed E-state index contributed by atoms with van der Waals surface area (Å²) in [6.07, 6.45) is -1.43. The zero-order valence-corrected chi connectivity index (χ0v) is 17.4. The van der Waals surface area contributed by atoms with E-state index in [1.165, 1.54) is 28.0 Å². The molecule has 6 nitrogen and oxygen atoms in total. The summed E-state index contributed by atoms with van der Waals surface area (Å²) in [6.45, 7) is 1.72. The van der Waals surface area contributed by atoms with Crippen molar-refractivity contribution in [2.75, 3.05) is 24.9 Å². The Balaban J connectivity index is 1.91. The van der Waals surface area contributed by atoms with E-state index < -0.39 is 23.5 Å². The van der Waals surface area contributed by atoms with Gasteiger partial charge in [-0.2, -0.15) is 18.4 Å². The predicted molar refractivity (Wildman–Crippen MR) is 111 cm³/mol. The Morgan fingerprint density at radius 2 is 1.91 bits per heavy atom. The maximum absolute atomic E-state index is 13.7. The Morgan fingerprint density at radius 3 is 2.61 bits per heavy atom. The van der Waals surface area contributed by atoms with Gasteiger partial charge in [-0.1, -0.05) is 6.08 Å². The maximum atomic E-state index is 13.7. The van der Waals surface area contributed by atoms with Gasteiger partial charge in [-0.3, -0.25) is 9.69 Å². The molecule has 0 aliphatic carbocycles. The third-order valence-corrected chi connectivity index (χ3v) is 5.32. The minimum Gasteiger partial charge on any atom is -0.357 e. The van der Waals surface area contributed by atoms with Gasteiger partial charge in [0.15, 0.2) is 0 Å². The summed E-state index contributed by atoms with van der Waals surface area (Å²) in [4.78, 5) is 16.2. The molecule has 10 heteroatoms. The van der Waals surface area contributed by atoms with E-state index in [-0.39, 0.29) is 42.7 Å². The largest absolute Gasteiger partial charge is 0.416 e.